The lowest BCUT2D eigenvalue weighted by Gasteiger charge is -2.09. The summed E-state index contributed by atoms with van der Waals surface area (Å²) in [6, 6.07) is 0. The summed E-state index contributed by atoms with van der Waals surface area (Å²) in [5.74, 6) is 0.200. The molecule has 0 spiro atoms. The van der Waals surface area contributed by atoms with Crippen LogP contribution in [0, 0.1) is 5.92 Å². The van der Waals surface area contributed by atoms with Gasteiger partial charge in [0.15, 0.2) is 5.78 Å². The van der Waals surface area contributed by atoms with E-state index in [1.807, 2.05) is 24.3 Å². The maximum atomic E-state index is 11.7. The van der Waals surface area contributed by atoms with Crippen molar-refractivity contribution < 1.29 is 9.90 Å². The van der Waals surface area contributed by atoms with Gasteiger partial charge >= 0.3 is 0 Å². The second-order valence-electron chi connectivity index (χ2n) is 5.23. The first-order valence-electron chi connectivity index (χ1n) is 7.70. The highest BCUT2D eigenvalue weighted by molar-refractivity contribution is 6.07. The normalized spacial score (nSPS) is 21.9. The summed E-state index contributed by atoms with van der Waals surface area (Å²) in [6.45, 7) is 5.82. The van der Waals surface area contributed by atoms with Crippen molar-refractivity contribution in [2.45, 2.75) is 45.1 Å². The predicted octanol–water partition coefficient (Wildman–Crippen LogP) is 4.30. The van der Waals surface area contributed by atoms with E-state index >= 15 is 0 Å². The van der Waals surface area contributed by atoms with E-state index in [2.05, 4.69) is 31.7 Å². The Morgan fingerprint density at radius 3 is 2.76 bits per heavy atom. The van der Waals surface area contributed by atoms with Crippen LogP contribution in [-0.2, 0) is 4.79 Å². The van der Waals surface area contributed by atoms with Gasteiger partial charge in [-0.1, -0.05) is 49.5 Å². The highest BCUT2D eigenvalue weighted by atomic mass is 16.3. The lowest BCUT2D eigenvalue weighted by Crippen LogP contribution is -2.07. The molecule has 2 unspecified atom stereocenters. The average molecular weight is 286 g/mol. The number of carbonyl (C=O) groups is 1. The van der Waals surface area contributed by atoms with E-state index < -0.39 is 6.10 Å². The average Bonchev–Trinajstić information content (AvgIpc) is 2.81. The van der Waals surface area contributed by atoms with Gasteiger partial charge in [-0.05, 0) is 38.2 Å². The van der Waals surface area contributed by atoms with Crippen LogP contribution in [-0.4, -0.2) is 17.0 Å². The molecule has 0 radical (unpaired) electrons. The molecule has 1 rings (SSSR count). The molecule has 0 saturated carbocycles. The molecule has 2 heteroatoms. The first-order valence-corrected chi connectivity index (χ1v) is 7.70. The van der Waals surface area contributed by atoms with Crippen molar-refractivity contribution in [3.8, 4) is 0 Å². The molecule has 0 bridgehead atoms. The molecule has 0 amide bonds. The molecule has 1 N–H and O–H groups in total. The number of aliphatic hydroxyl groups excluding tert-OH is 1. The molecular formula is C19H26O2. The SMILES string of the molecule is C=CCC1C=CC(=O)C1=CCC(O)CC=CCC=CCC. The molecular weight excluding hydrogens is 260 g/mol. The van der Waals surface area contributed by atoms with Gasteiger partial charge < -0.3 is 5.11 Å². The molecule has 2 nitrogen and oxygen atoms in total. The molecule has 1 aliphatic rings. The van der Waals surface area contributed by atoms with Crippen molar-refractivity contribution in [2.24, 2.45) is 5.92 Å². The molecule has 114 valence electrons. The fourth-order valence-electron chi connectivity index (χ4n) is 2.27. The van der Waals surface area contributed by atoms with Gasteiger partial charge in [-0.25, -0.2) is 0 Å². The Balaban J connectivity index is 2.38. The van der Waals surface area contributed by atoms with Gasteiger partial charge in [-0.2, -0.15) is 0 Å². The smallest absolute Gasteiger partial charge is 0.181 e. The molecule has 0 aromatic heterocycles. The molecule has 0 aromatic carbocycles. The van der Waals surface area contributed by atoms with Crippen molar-refractivity contribution in [3.05, 3.63) is 60.8 Å². The van der Waals surface area contributed by atoms with Crippen LogP contribution in [0.15, 0.2) is 60.8 Å². The van der Waals surface area contributed by atoms with Gasteiger partial charge in [0.25, 0.3) is 0 Å². The van der Waals surface area contributed by atoms with Gasteiger partial charge in [-0.15, -0.1) is 6.58 Å². The van der Waals surface area contributed by atoms with Crippen molar-refractivity contribution in [1.82, 2.24) is 0 Å². The van der Waals surface area contributed by atoms with E-state index in [-0.39, 0.29) is 11.7 Å². The van der Waals surface area contributed by atoms with E-state index in [1.54, 1.807) is 6.08 Å². The minimum absolute atomic E-state index is 0.0642. The molecule has 2 atom stereocenters. The van der Waals surface area contributed by atoms with Gasteiger partial charge in [0.2, 0.25) is 0 Å². The first kappa shape index (κ1) is 17.4. The minimum atomic E-state index is -0.429. The van der Waals surface area contributed by atoms with Crippen molar-refractivity contribution in [2.75, 3.05) is 0 Å². The van der Waals surface area contributed by atoms with Gasteiger partial charge in [0, 0.05) is 11.5 Å². The van der Waals surface area contributed by atoms with Crippen LogP contribution < -0.4 is 0 Å². The Hall–Kier alpha value is -1.67. The van der Waals surface area contributed by atoms with E-state index in [0.29, 0.717) is 12.8 Å². The van der Waals surface area contributed by atoms with E-state index in [9.17, 15) is 9.90 Å². The molecule has 0 fully saturated rings. The number of aliphatic hydroxyl groups is 1. The van der Waals surface area contributed by atoms with Crippen molar-refractivity contribution in [3.63, 3.8) is 0 Å². The van der Waals surface area contributed by atoms with Crippen molar-refractivity contribution >= 4 is 5.78 Å². The van der Waals surface area contributed by atoms with Crippen molar-refractivity contribution in [1.29, 1.82) is 0 Å². The van der Waals surface area contributed by atoms with Crippen LogP contribution in [0.3, 0.4) is 0 Å². The number of hydrogen-bond donors (Lipinski definition) is 1. The van der Waals surface area contributed by atoms with Gasteiger partial charge in [0.05, 0.1) is 6.10 Å². The summed E-state index contributed by atoms with van der Waals surface area (Å²) < 4.78 is 0. The fraction of sp³-hybridized carbons (Fsp3) is 0.421. The zero-order valence-corrected chi connectivity index (χ0v) is 12.9. The quantitative estimate of drug-likeness (QED) is 0.507. The fourth-order valence-corrected chi connectivity index (χ4v) is 2.27. The Labute approximate surface area is 128 Å². The summed E-state index contributed by atoms with van der Waals surface area (Å²) in [5.41, 5.74) is 0.795. The standard InChI is InChI=1S/C19H26O2/c1-3-5-6-7-8-9-11-17(20)13-14-18-16(10-4-2)12-15-19(18)21/h4-6,8-9,12,14-17,20H,2-3,7,10-11,13H2,1H3. The van der Waals surface area contributed by atoms with E-state index in [1.165, 1.54) is 0 Å². The Morgan fingerprint density at radius 1 is 1.29 bits per heavy atom. The molecule has 0 heterocycles. The second kappa shape index (κ2) is 10.1. The summed E-state index contributed by atoms with van der Waals surface area (Å²) in [7, 11) is 0. The number of rotatable bonds is 9. The summed E-state index contributed by atoms with van der Waals surface area (Å²) >= 11 is 0. The predicted molar refractivity (Wildman–Crippen MR) is 89.0 cm³/mol. The van der Waals surface area contributed by atoms with Crippen LogP contribution in [0.2, 0.25) is 0 Å². The molecule has 0 saturated heterocycles. The maximum absolute atomic E-state index is 11.7. The van der Waals surface area contributed by atoms with Crippen LogP contribution in [0.1, 0.15) is 39.0 Å². The minimum Gasteiger partial charge on any atom is -0.392 e. The molecule has 1 aliphatic carbocycles. The number of carbonyl (C=O) groups excluding carboxylic acids is 1. The van der Waals surface area contributed by atoms with E-state index in [4.69, 9.17) is 0 Å². The highest BCUT2D eigenvalue weighted by Gasteiger charge is 2.21. The van der Waals surface area contributed by atoms with Gasteiger partial charge in [-0.3, -0.25) is 4.79 Å². The Morgan fingerprint density at radius 2 is 2.05 bits per heavy atom. The second-order valence-corrected chi connectivity index (χ2v) is 5.23. The summed E-state index contributed by atoms with van der Waals surface area (Å²) in [5, 5.41) is 9.95. The van der Waals surface area contributed by atoms with Crippen LogP contribution >= 0.6 is 0 Å². The monoisotopic (exact) mass is 286 g/mol. The van der Waals surface area contributed by atoms with E-state index in [0.717, 1.165) is 24.8 Å². The van der Waals surface area contributed by atoms with Crippen LogP contribution in [0.25, 0.3) is 0 Å². The zero-order chi connectivity index (χ0) is 15.5. The third-order valence-electron chi connectivity index (χ3n) is 3.44. The molecule has 0 aromatic rings. The van der Waals surface area contributed by atoms with Gasteiger partial charge in [0.1, 0.15) is 0 Å². The molecule has 0 aliphatic heterocycles. The zero-order valence-electron chi connectivity index (χ0n) is 12.9. The number of allylic oxidation sites excluding steroid dienone is 7. The first-order chi connectivity index (χ1) is 10.2. The van der Waals surface area contributed by atoms with Crippen LogP contribution in [0.4, 0.5) is 0 Å². The lowest BCUT2D eigenvalue weighted by molar-refractivity contribution is -0.111. The largest absolute Gasteiger partial charge is 0.392 e. The van der Waals surface area contributed by atoms with Crippen LogP contribution in [0.5, 0.6) is 0 Å². The third kappa shape index (κ3) is 6.54. The third-order valence-corrected chi connectivity index (χ3v) is 3.44. The lowest BCUT2D eigenvalue weighted by atomic mass is 9.96. The number of ketones is 1. The Bertz CT molecular complexity index is 452. The topological polar surface area (TPSA) is 37.3 Å². The maximum Gasteiger partial charge on any atom is 0.181 e. The number of hydrogen-bond acceptors (Lipinski definition) is 2. The molecule has 21 heavy (non-hydrogen) atoms. The summed E-state index contributed by atoms with van der Waals surface area (Å²) in [6.07, 6.45) is 19.0. The highest BCUT2D eigenvalue weighted by Crippen LogP contribution is 2.25. The Kier molecular flexibility index (Phi) is 8.37. The summed E-state index contributed by atoms with van der Waals surface area (Å²) in [4.78, 5) is 11.7.